The first-order valence-corrected chi connectivity index (χ1v) is 5.58. The van der Waals surface area contributed by atoms with Crippen LogP contribution in [0.4, 0.5) is 5.82 Å². The molecule has 0 saturated heterocycles. The Morgan fingerprint density at radius 2 is 2.12 bits per heavy atom. The lowest BCUT2D eigenvalue weighted by atomic mass is 10.4. The van der Waals surface area contributed by atoms with Crippen molar-refractivity contribution in [1.82, 2.24) is 14.8 Å². The minimum absolute atomic E-state index is 0.612. The molecule has 0 aliphatic carbocycles. The van der Waals surface area contributed by atoms with Crippen molar-refractivity contribution >= 4 is 21.7 Å². The Labute approximate surface area is 102 Å². The maximum Gasteiger partial charge on any atom is 0.156 e. The quantitative estimate of drug-likeness (QED) is 0.652. The maximum absolute atomic E-state index is 5.32. The zero-order valence-corrected chi connectivity index (χ0v) is 10.6. The van der Waals surface area contributed by atoms with Crippen molar-refractivity contribution in [1.29, 1.82) is 0 Å². The molecule has 0 spiro atoms. The molecule has 84 valence electrons. The second-order valence-corrected chi connectivity index (χ2v) is 4.21. The van der Waals surface area contributed by atoms with Gasteiger partial charge in [-0.3, -0.25) is 0 Å². The molecule has 2 rings (SSSR count). The van der Waals surface area contributed by atoms with E-state index in [4.69, 9.17) is 5.84 Å². The van der Waals surface area contributed by atoms with Crippen LogP contribution in [0, 0.1) is 13.8 Å². The number of aromatic nitrogens is 3. The molecule has 6 heteroatoms. The van der Waals surface area contributed by atoms with Crippen LogP contribution in [0.25, 0.3) is 5.82 Å². The number of halogens is 1. The first-order chi connectivity index (χ1) is 7.63. The molecule has 2 heterocycles. The average molecular weight is 282 g/mol. The highest BCUT2D eigenvalue weighted by molar-refractivity contribution is 9.10. The first kappa shape index (κ1) is 11.1. The molecule has 0 aliphatic rings. The van der Waals surface area contributed by atoms with Crippen LogP contribution >= 0.6 is 15.9 Å². The van der Waals surface area contributed by atoms with E-state index in [0.29, 0.717) is 5.82 Å². The fourth-order valence-electron chi connectivity index (χ4n) is 1.47. The lowest BCUT2D eigenvalue weighted by Crippen LogP contribution is -2.10. The molecule has 0 bridgehead atoms. The molecule has 0 aromatic carbocycles. The van der Waals surface area contributed by atoms with Gasteiger partial charge in [-0.1, -0.05) is 6.07 Å². The topological polar surface area (TPSA) is 68.8 Å². The molecule has 0 fully saturated rings. The number of rotatable bonds is 2. The van der Waals surface area contributed by atoms with E-state index in [1.54, 1.807) is 10.7 Å². The number of aryl methyl sites for hydroxylation is 1. The second kappa shape index (κ2) is 4.23. The Hall–Kier alpha value is -1.40. The molecule has 5 nitrogen and oxygen atoms in total. The maximum atomic E-state index is 5.32. The Morgan fingerprint density at radius 1 is 1.38 bits per heavy atom. The van der Waals surface area contributed by atoms with Crippen LogP contribution < -0.4 is 11.3 Å². The number of pyridine rings is 1. The van der Waals surface area contributed by atoms with Crippen molar-refractivity contribution in [2.24, 2.45) is 5.84 Å². The molecule has 0 saturated carbocycles. The summed E-state index contributed by atoms with van der Waals surface area (Å²) in [6, 6.07) is 5.55. The number of hydrogen-bond acceptors (Lipinski definition) is 4. The van der Waals surface area contributed by atoms with Crippen LogP contribution in [-0.2, 0) is 0 Å². The molecule has 0 aliphatic heterocycles. The van der Waals surface area contributed by atoms with Gasteiger partial charge < -0.3 is 5.43 Å². The number of hydrogen-bond donors (Lipinski definition) is 2. The smallest absolute Gasteiger partial charge is 0.156 e. The molecule has 0 atom stereocenters. The van der Waals surface area contributed by atoms with Gasteiger partial charge in [0.25, 0.3) is 0 Å². The van der Waals surface area contributed by atoms with Gasteiger partial charge >= 0.3 is 0 Å². The minimum Gasteiger partial charge on any atom is -0.308 e. The van der Waals surface area contributed by atoms with Crippen LogP contribution in [-0.4, -0.2) is 14.8 Å². The Bertz CT molecular complexity index is 520. The van der Waals surface area contributed by atoms with E-state index in [9.17, 15) is 0 Å². The monoisotopic (exact) mass is 281 g/mol. The molecule has 2 aromatic rings. The summed E-state index contributed by atoms with van der Waals surface area (Å²) in [5.74, 6) is 6.67. The number of nitrogen functional groups attached to an aromatic ring is 1. The first-order valence-electron chi connectivity index (χ1n) is 4.79. The molecule has 2 aromatic heterocycles. The number of hydrazine groups is 1. The summed E-state index contributed by atoms with van der Waals surface area (Å²) >= 11 is 3.48. The molecule has 0 unspecified atom stereocenters. The SMILES string of the molecule is Cc1nn(-c2cccc(NN)n2)c(C)c1Br. The van der Waals surface area contributed by atoms with Gasteiger partial charge in [0, 0.05) is 0 Å². The highest BCUT2D eigenvalue weighted by Gasteiger charge is 2.11. The zero-order chi connectivity index (χ0) is 11.7. The van der Waals surface area contributed by atoms with Crippen LogP contribution in [0.1, 0.15) is 11.4 Å². The Kier molecular flexibility index (Phi) is 2.93. The van der Waals surface area contributed by atoms with Gasteiger partial charge in [-0.25, -0.2) is 15.5 Å². The van der Waals surface area contributed by atoms with Gasteiger partial charge in [-0.05, 0) is 41.9 Å². The average Bonchev–Trinajstić information content (AvgIpc) is 2.57. The van der Waals surface area contributed by atoms with Crippen LogP contribution in [0.3, 0.4) is 0 Å². The third-order valence-electron chi connectivity index (χ3n) is 2.30. The number of nitrogens with zero attached hydrogens (tertiary/aromatic N) is 3. The van der Waals surface area contributed by atoms with Gasteiger partial charge in [-0.2, -0.15) is 5.10 Å². The standard InChI is InChI=1S/C10H12BrN5/c1-6-10(11)7(2)16(15-6)9-5-3-4-8(13-9)14-12/h3-5H,12H2,1-2H3,(H,13,14). The van der Waals surface area contributed by atoms with Gasteiger partial charge in [0.05, 0.1) is 15.9 Å². The lowest BCUT2D eigenvalue weighted by Gasteiger charge is -2.05. The van der Waals surface area contributed by atoms with Crippen LogP contribution in [0.15, 0.2) is 22.7 Å². The molecule has 0 amide bonds. The summed E-state index contributed by atoms with van der Waals surface area (Å²) in [6.07, 6.45) is 0. The van der Waals surface area contributed by atoms with Gasteiger partial charge in [0.2, 0.25) is 0 Å². The molecule has 0 radical (unpaired) electrons. The lowest BCUT2D eigenvalue weighted by molar-refractivity contribution is 0.806. The fourth-order valence-corrected chi connectivity index (χ4v) is 1.72. The van der Waals surface area contributed by atoms with Crippen molar-refractivity contribution in [3.05, 3.63) is 34.1 Å². The van der Waals surface area contributed by atoms with Crippen molar-refractivity contribution in [3.8, 4) is 5.82 Å². The molecular formula is C10H12BrN5. The van der Waals surface area contributed by atoms with E-state index < -0.39 is 0 Å². The third kappa shape index (κ3) is 1.81. The molecule has 3 N–H and O–H groups in total. The van der Waals surface area contributed by atoms with E-state index in [1.165, 1.54) is 0 Å². The van der Waals surface area contributed by atoms with Crippen LogP contribution in [0.2, 0.25) is 0 Å². The van der Waals surface area contributed by atoms with Crippen molar-refractivity contribution in [2.75, 3.05) is 5.43 Å². The number of nitrogens with two attached hydrogens (primary N) is 1. The van der Waals surface area contributed by atoms with Crippen LogP contribution in [0.5, 0.6) is 0 Å². The minimum atomic E-state index is 0.612. The normalized spacial score (nSPS) is 10.5. The van der Waals surface area contributed by atoms with E-state index in [2.05, 4.69) is 31.4 Å². The van der Waals surface area contributed by atoms with E-state index in [0.717, 1.165) is 21.7 Å². The van der Waals surface area contributed by atoms with Gasteiger partial charge in [0.1, 0.15) is 5.82 Å². The summed E-state index contributed by atoms with van der Waals surface area (Å²) in [7, 11) is 0. The van der Waals surface area contributed by atoms with Gasteiger partial charge in [-0.15, -0.1) is 0 Å². The van der Waals surface area contributed by atoms with E-state index in [1.807, 2.05) is 26.0 Å². The van der Waals surface area contributed by atoms with E-state index >= 15 is 0 Å². The van der Waals surface area contributed by atoms with E-state index in [-0.39, 0.29) is 0 Å². The summed E-state index contributed by atoms with van der Waals surface area (Å²) in [4.78, 5) is 4.32. The Morgan fingerprint density at radius 3 is 2.69 bits per heavy atom. The number of anilines is 1. The van der Waals surface area contributed by atoms with Gasteiger partial charge in [0.15, 0.2) is 5.82 Å². The van der Waals surface area contributed by atoms with Crippen molar-refractivity contribution in [2.45, 2.75) is 13.8 Å². The number of nitrogens with one attached hydrogen (secondary N) is 1. The second-order valence-electron chi connectivity index (χ2n) is 3.42. The largest absolute Gasteiger partial charge is 0.308 e. The Balaban J connectivity index is 2.54. The predicted molar refractivity (Wildman–Crippen MR) is 66.3 cm³/mol. The highest BCUT2D eigenvalue weighted by Crippen LogP contribution is 2.22. The molecular weight excluding hydrogens is 270 g/mol. The predicted octanol–water partition coefficient (Wildman–Crippen LogP) is 1.93. The fraction of sp³-hybridized carbons (Fsp3) is 0.200. The molecule has 16 heavy (non-hydrogen) atoms. The van der Waals surface area contributed by atoms with Crippen molar-refractivity contribution < 1.29 is 0 Å². The summed E-state index contributed by atoms with van der Waals surface area (Å²) in [5, 5.41) is 4.39. The van der Waals surface area contributed by atoms with Crippen molar-refractivity contribution in [3.63, 3.8) is 0 Å². The summed E-state index contributed by atoms with van der Waals surface area (Å²) in [5.41, 5.74) is 4.46. The third-order valence-corrected chi connectivity index (χ3v) is 3.45. The summed E-state index contributed by atoms with van der Waals surface area (Å²) < 4.78 is 2.78. The highest BCUT2D eigenvalue weighted by atomic mass is 79.9. The summed E-state index contributed by atoms with van der Waals surface area (Å²) in [6.45, 7) is 3.92. The zero-order valence-electron chi connectivity index (χ0n) is 9.03.